The zero-order chi connectivity index (χ0) is 18.4. The fraction of sp³-hybridized carbons (Fsp3) is 0.333. The predicted molar refractivity (Wildman–Crippen MR) is 104 cm³/mol. The quantitative estimate of drug-likeness (QED) is 0.776. The standard InChI is InChI=1S/C21H21N5O/c1-14-2-3-17-18(8-14)24-13-25-19(17)26-11-15-9-21(26,10-15)12-23-20(27)16-4-6-22-7-5-16/h2-8,13,15H,9-12H2,1H3,(H,23,27). The normalized spacial score (nSPS) is 23.3. The molecule has 0 spiro atoms. The molecule has 3 fully saturated rings. The molecule has 0 unspecified atom stereocenters. The number of hydrogen-bond acceptors (Lipinski definition) is 5. The molecule has 1 saturated carbocycles. The van der Waals surface area contributed by atoms with Gasteiger partial charge in [-0.1, -0.05) is 6.07 Å². The highest BCUT2D eigenvalue weighted by molar-refractivity contribution is 5.94. The molecule has 0 radical (unpaired) electrons. The molecule has 2 bridgehead atoms. The smallest absolute Gasteiger partial charge is 0.251 e. The molecule has 1 aliphatic carbocycles. The Morgan fingerprint density at radius 2 is 2.04 bits per heavy atom. The molecule has 3 aromatic rings. The minimum atomic E-state index is -0.0507. The first-order valence-electron chi connectivity index (χ1n) is 9.32. The maximum atomic E-state index is 12.5. The van der Waals surface area contributed by atoms with Crippen molar-refractivity contribution in [3.8, 4) is 0 Å². The van der Waals surface area contributed by atoms with E-state index < -0.39 is 0 Å². The number of aryl methyl sites for hydroxylation is 1. The van der Waals surface area contributed by atoms with Crippen molar-refractivity contribution in [3.05, 3.63) is 60.2 Å². The van der Waals surface area contributed by atoms with Crippen molar-refractivity contribution in [1.82, 2.24) is 20.3 Å². The van der Waals surface area contributed by atoms with Crippen LogP contribution < -0.4 is 10.2 Å². The summed E-state index contributed by atoms with van der Waals surface area (Å²) in [6.45, 7) is 3.69. The minimum Gasteiger partial charge on any atom is -0.350 e. The third kappa shape index (κ3) is 2.63. The first-order chi connectivity index (χ1) is 13.1. The van der Waals surface area contributed by atoms with Crippen LogP contribution in [-0.2, 0) is 0 Å². The van der Waals surface area contributed by atoms with Crippen LogP contribution in [0, 0.1) is 12.8 Å². The number of fused-ring (bicyclic) bond motifs is 2. The van der Waals surface area contributed by atoms with Gasteiger partial charge >= 0.3 is 0 Å². The average molecular weight is 359 g/mol. The van der Waals surface area contributed by atoms with Gasteiger partial charge in [0.15, 0.2) is 0 Å². The molecule has 136 valence electrons. The van der Waals surface area contributed by atoms with Gasteiger partial charge < -0.3 is 10.2 Å². The maximum absolute atomic E-state index is 12.5. The number of pyridine rings is 1. The molecule has 27 heavy (non-hydrogen) atoms. The number of aromatic nitrogens is 3. The van der Waals surface area contributed by atoms with Crippen molar-refractivity contribution in [1.29, 1.82) is 0 Å². The average Bonchev–Trinajstić information content (AvgIpc) is 3.21. The van der Waals surface area contributed by atoms with Crippen LogP contribution in [0.4, 0.5) is 5.82 Å². The van der Waals surface area contributed by atoms with E-state index in [2.05, 4.69) is 50.3 Å². The third-order valence-corrected chi connectivity index (χ3v) is 5.90. The second-order valence-corrected chi connectivity index (χ2v) is 7.75. The Kier molecular flexibility index (Phi) is 3.60. The predicted octanol–water partition coefficient (Wildman–Crippen LogP) is 2.73. The molecule has 2 aromatic heterocycles. The van der Waals surface area contributed by atoms with Gasteiger partial charge in [-0.15, -0.1) is 0 Å². The van der Waals surface area contributed by atoms with Crippen LogP contribution in [0.25, 0.3) is 10.9 Å². The van der Waals surface area contributed by atoms with Crippen LogP contribution in [0.5, 0.6) is 0 Å². The van der Waals surface area contributed by atoms with Gasteiger partial charge in [0.2, 0.25) is 0 Å². The highest BCUT2D eigenvalue weighted by Crippen LogP contribution is 2.52. The van der Waals surface area contributed by atoms with Crippen LogP contribution in [0.3, 0.4) is 0 Å². The van der Waals surface area contributed by atoms with E-state index in [1.165, 1.54) is 5.56 Å². The van der Waals surface area contributed by atoms with Crippen LogP contribution in [-0.4, -0.2) is 39.5 Å². The minimum absolute atomic E-state index is 0.0421. The van der Waals surface area contributed by atoms with Crippen LogP contribution in [0.2, 0.25) is 0 Å². The largest absolute Gasteiger partial charge is 0.350 e. The Balaban J connectivity index is 1.42. The summed E-state index contributed by atoms with van der Waals surface area (Å²) in [5, 5.41) is 4.20. The molecule has 1 aromatic carbocycles. The lowest BCUT2D eigenvalue weighted by atomic mass is 9.73. The van der Waals surface area contributed by atoms with Gasteiger partial charge in [-0.05, 0) is 55.5 Å². The number of anilines is 1. The van der Waals surface area contributed by atoms with Crippen molar-refractivity contribution in [3.63, 3.8) is 0 Å². The fourth-order valence-electron chi connectivity index (χ4n) is 4.59. The number of nitrogens with zero attached hydrogens (tertiary/aromatic N) is 4. The lowest BCUT2D eigenvalue weighted by Gasteiger charge is -2.43. The van der Waals surface area contributed by atoms with Crippen molar-refractivity contribution >= 4 is 22.6 Å². The molecule has 0 atom stereocenters. The zero-order valence-corrected chi connectivity index (χ0v) is 15.2. The first-order valence-corrected chi connectivity index (χ1v) is 9.32. The summed E-state index contributed by atoms with van der Waals surface area (Å²) < 4.78 is 0. The molecule has 2 saturated heterocycles. The molecular formula is C21H21N5O. The van der Waals surface area contributed by atoms with E-state index in [4.69, 9.17) is 0 Å². The Bertz CT molecular complexity index is 1010. The van der Waals surface area contributed by atoms with Gasteiger partial charge in [0.25, 0.3) is 5.91 Å². The molecule has 1 amide bonds. The second kappa shape index (κ2) is 6.01. The summed E-state index contributed by atoms with van der Waals surface area (Å²) in [6.07, 6.45) is 7.13. The lowest BCUT2D eigenvalue weighted by Crippen LogP contribution is -2.54. The number of amides is 1. The van der Waals surface area contributed by atoms with Gasteiger partial charge in [-0.25, -0.2) is 9.97 Å². The molecule has 3 aliphatic rings. The van der Waals surface area contributed by atoms with Crippen molar-refractivity contribution < 1.29 is 4.79 Å². The van der Waals surface area contributed by atoms with E-state index in [1.807, 2.05) is 0 Å². The molecule has 4 heterocycles. The molecule has 6 heteroatoms. The first kappa shape index (κ1) is 16.2. The Morgan fingerprint density at radius 1 is 1.22 bits per heavy atom. The highest BCUT2D eigenvalue weighted by atomic mass is 16.1. The van der Waals surface area contributed by atoms with Crippen LogP contribution in [0.15, 0.2) is 49.1 Å². The van der Waals surface area contributed by atoms with Crippen molar-refractivity contribution in [2.24, 2.45) is 5.92 Å². The van der Waals surface area contributed by atoms with E-state index in [-0.39, 0.29) is 11.4 Å². The van der Waals surface area contributed by atoms with E-state index in [9.17, 15) is 4.79 Å². The Hall–Kier alpha value is -3.02. The van der Waals surface area contributed by atoms with E-state index >= 15 is 0 Å². The van der Waals surface area contributed by atoms with Gasteiger partial charge in [0.1, 0.15) is 12.1 Å². The Labute approximate surface area is 157 Å². The van der Waals surface area contributed by atoms with Crippen LogP contribution in [0.1, 0.15) is 28.8 Å². The van der Waals surface area contributed by atoms with Gasteiger partial charge in [0, 0.05) is 36.4 Å². The van der Waals surface area contributed by atoms with Crippen molar-refractivity contribution in [2.45, 2.75) is 25.3 Å². The summed E-state index contributed by atoms with van der Waals surface area (Å²) in [6, 6.07) is 9.79. The summed E-state index contributed by atoms with van der Waals surface area (Å²) >= 11 is 0. The van der Waals surface area contributed by atoms with E-state index in [0.29, 0.717) is 18.0 Å². The zero-order valence-electron chi connectivity index (χ0n) is 15.2. The number of nitrogens with one attached hydrogen (secondary N) is 1. The fourth-order valence-corrected chi connectivity index (χ4v) is 4.59. The van der Waals surface area contributed by atoms with Gasteiger partial charge in [-0.2, -0.15) is 0 Å². The number of carbonyl (C=O) groups is 1. The SMILES string of the molecule is Cc1ccc2c(N3CC4CC3(CNC(=O)c3ccncc3)C4)ncnc2c1. The lowest BCUT2D eigenvalue weighted by molar-refractivity contribution is 0.0931. The van der Waals surface area contributed by atoms with Crippen molar-refractivity contribution in [2.75, 3.05) is 18.0 Å². The number of rotatable bonds is 4. The molecule has 2 aliphatic heterocycles. The molecular weight excluding hydrogens is 338 g/mol. The molecule has 6 rings (SSSR count). The third-order valence-electron chi connectivity index (χ3n) is 5.90. The second-order valence-electron chi connectivity index (χ2n) is 7.75. The molecule has 6 nitrogen and oxygen atoms in total. The summed E-state index contributed by atoms with van der Waals surface area (Å²) in [4.78, 5) is 27.9. The molecule has 1 N–H and O–H groups in total. The van der Waals surface area contributed by atoms with Gasteiger partial charge in [-0.3, -0.25) is 9.78 Å². The number of carbonyl (C=O) groups excluding carboxylic acids is 1. The van der Waals surface area contributed by atoms with Gasteiger partial charge in [0.05, 0.1) is 11.1 Å². The van der Waals surface area contributed by atoms with E-state index in [1.54, 1.807) is 30.9 Å². The number of benzene rings is 1. The Morgan fingerprint density at radius 3 is 2.85 bits per heavy atom. The summed E-state index contributed by atoms with van der Waals surface area (Å²) in [5.41, 5.74) is 2.77. The monoisotopic (exact) mass is 359 g/mol. The highest BCUT2D eigenvalue weighted by Gasteiger charge is 2.56. The summed E-state index contributed by atoms with van der Waals surface area (Å²) in [5.74, 6) is 1.61. The topological polar surface area (TPSA) is 71.0 Å². The maximum Gasteiger partial charge on any atom is 0.251 e. The van der Waals surface area contributed by atoms with Crippen LogP contribution >= 0.6 is 0 Å². The summed E-state index contributed by atoms with van der Waals surface area (Å²) in [7, 11) is 0. The van der Waals surface area contributed by atoms with E-state index in [0.717, 1.165) is 36.1 Å². The number of hydrogen-bond donors (Lipinski definition) is 1.